The molecule has 1 unspecified atom stereocenters. The number of alkyl halides is 2. The molecule has 1 fully saturated rings. The molecule has 36 heavy (non-hydrogen) atoms. The molecule has 2 aliphatic rings. The van der Waals surface area contributed by atoms with Gasteiger partial charge in [-0.1, -0.05) is 16.9 Å². The van der Waals surface area contributed by atoms with E-state index in [4.69, 9.17) is 10.8 Å². The second kappa shape index (κ2) is 11.0. The maximum absolute atomic E-state index is 12.9. The molecule has 192 valence electrons. The third kappa shape index (κ3) is 5.43. The summed E-state index contributed by atoms with van der Waals surface area (Å²) >= 11 is 4.45. The zero-order valence-electron chi connectivity index (χ0n) is 17.7. The predicted molar refractivity (Wildman–Crippen MR) is 126 cm³/mol. The van der Waals surface area contributed by atoms with Gasteiger partial charge in [-0.3, -0.25) is 14.5 Å². The highest BCUT2D eigenvalue weighted by Gasteiger charge is 2.54. The number of amides is 2. The fourth-order valence-electron chi connectivity index (χ4n) is 3.21. The normalized spacial score (nSPS) is 19.8. The number of thioether (sulfide) groups is 2. The molecule has 0 radical (unpaired) electrons. The Morgan fingerprint density at radius 1 is 1.42 bits per heavy atom. The first kappa shape index (κ1) is 26.2. The monoisotopic (exact) mass is 579 g/mol. The summed E-state index contributed by atoms with van der Waals surface area (Å²) in [4.78, 5) is 50.5. The van der Waals surface area contributed by atoms with Gasteiger partial charge < -0.3 is 26.1 Å². The van der Waals surface area contributed by atoms with Gasteiger partial charge in [-0.05, 0) is 17.1 Å². The number of nitrogens with two attached hydrogens (primary N) is 1. The van der Waals surface area contributed by atoms with Crippen LogP contribution in [0.3, 0.4) is 0 Å². The van der Waals surface area contributed by atoms with Gasteiger partial charge in [0.05, 0.1) is 0 Å². The van der Waals surface area contributed by atoms with Gasteiger partial charge >= 0.3 is 12.6 Å². The quantitative estimate of drug-likeness (QED) is 0.132. The lowest BCUT2D eigenvalue weighted by Gasteiger charge is -2.49. The van der Waals surface area contributed by atoms with Crippen molar-refractivity contribution in [1.82, 2.24) is 24.6 Å². The first-order valence-corrected chi connectivity index (χ1v) is 13.4. The number of carbonyl (C=O) groups is 3. The molecule has 1 saturated heterocycles. The Labute approximate surface area is 217 Å². The summed E-state index contributed by atoms with van der Waals surface area (Å²) in [6, 6.07) is -1.13. The highest BCUT2D eigenvalue weighted by molar-refractivity contribution is 8.01. The molecular formula is C17H15F2N7O6S4. The minimum absolute atomic E-state index is 0.0547. The molecular weight excluding hydrogens is 564 g/mol. The summed E-state index contributed by atoms with van der Waals surface area (Å²) in [5, 5.41) is 25.0. The Morgan fingerprint density at radius 2 is 2.19 bits per heavy atom. The summed E-state index contributed by atoms with van der Waals surface area (Å²) in [5.41, 5.74) is 5.07. The Morgan fingerprint density at radius 3 is 2.81 bits per heavy atom. The molecule has 5 N–H and O–H groups in total. The Hall–Kier alpha value is -2.87. The molecule has 0 aliphatic carbocycles. The number of aliphatic hydroxyl groups excluding tert-OH is 1. The molecule has 4 rings (SSSR count). The number of thiazole rings is 1. The van der Waals surface area contributed by atoms with Crippen LogP contribution in [0.5, 0.6) is 0 Å². The van der Waals surface area contributed by atoms with Crippen LogP contribution in [-0.4, -0.2) is 82.5 Å². The third-order valence-electron chi connectivity index (χ3n) is 4.70. The third-order valence-corrected chi connectivity index (χ3v) is 8.67. The number of carboxylic acids is 1. The van der Waals surface area contributed by atoms with Crippen LogP contribution in [0.4, 0.5) is 13.9 Å². The van der Waals surface area contributed by atoms with E-state index >= 15 is 0 Å². The van der Waals surface area contributed by atoms with E-state index in [1.165, 1.54) is 28.9 Å². The summed E-state index contributed by atoms with van der Waals surface area (Å²) in [5.74, 6) is -2.29. The number of hydrogen-bond donors (Lipinski definition) is 4. The average Bonchev–Trinajstić information content (AvgIpc) is 3.49. The van der Waals surface area contributed by atoms with E-state index in [1.807, 2.05) is 0 Å². The number of nitrogens with zero attached hydrogens (tertiary/aromatic N) is 5. The number of aromatic nitrogens is 3. The van der Waals surface area contributed by atoms with E-state index in [9.17, 15) is 28.3 Å². The predicted octanol–water partition coefficient (Wildman–Crippen LogP) is 0.543. The van der Waals surface area contributed by atoms with Crippen molar-refractivity contribution in [3.05, 3.63) is 28.2 Å². The Balaban J connectivity index is 1.48. The zero-order valence-corrected chi connectivity index (χ0v) is 20.9. The molecule has 2 aromatic rings. The molecule has 0 spiro atoms. The number of aliphatic carboxylic acids is 1. The minimum atomic E-state index is -3.30. The van der Waals surface area contributed by atoms with Crippen LogP contribution in [0.1, 0.15) is 11.5 Å². The summed E-state index contributed by atoms with van der Waals surface area (Å²) < 4.78 is 29.5. The van der Waals surface area contributed by atoms with Gasteiger partial charge in [0, 0.05) is 16.9 Å². The van der Waals surface area contributed by atoms with Crippen LogP contribution < -0.4 is 11.1 Å². The molecule has 2 aliphatic heterocycles. The lowest BCUT2D eigenvalue weighted by Crippen LogP contribution is -2.71. The van der Waals surface area contributed by atoms with Gasteiger partial charge in [0.25, 0.3) is 11.8 Å². The highest BCUT2D eigenvalue weighted by Crippen LogP contribution is 2.41. The molecule has 2 atom stereocenters. The van der Waals surface area contributed by atoms with Gasteiger partial charge in [0.15, 0.2) is 21.0 Å². The maximum atomic E-state index is 12.9. The Kier molecular flexibility index (Phi) is 8.03. The van der Waals surface area contributed by atoms with E-state index in [1.54, 1.807) is 0 Å². The van der Waals surface area contributed by atoms with Crippen LogP contribution >= 0.6 is 46.4 Å². The van der Waals surface area contributed by atoms with Crippen molar-refractivity contribution in [2.24, 2.45) is 5.16 Å². The zero-order chi connectivity index (χ0) is 26.0. The van der Waals surface area contributed by atoms with Crippen LogP contribution in [0.15, 0.2) is 26.1 Å². The van der Waals surface area contributed by atoms with Gasteiger partial charge in [0.2, 0.25) is 0 Å². The molecule has 0 aromatic carbocycles. The highest BCUT2D eigenvalue weighted by atomic mass is 32.2. The number of carbonyl (C=O) groups excluding carboxylic acids is 2. The van der Waals surface area contributed by atoms with E-state index in [2.05, 4.69) is 29.7 Å². The van der Waals surface area contributed by atoms with Gasteiger partial charge in [-0.15, -0.1) is 23.1 Å². The summed E-state index contributed by atoms with van der Waals surface area (Å²) in [6.07, 6.45) is 0. The molecule has 19 heteroatoms. The summed E-state index contributed by atoms with van der Waals surface area (Å²) in [6.45, 7) is -3.61. The molecule has 0 saturated carbocycles. The number of aliphatic hydroxyl groups is 1. The lowest BCUT2D eigenvalue weighted by molar-refractivity contribution is -0.150. The van der Waals surface area contributed by atoms with Crippen LogP contribution in [-0.2, 0) is 25.8 Å². The van der Waals surface area contributed by atoms with E-state index in [0.717, 1.165) is 27.8 Å². The first-order valence-electron chi connectivity index (χ1n) is 9.70. The standard InChI is InChI=1S/C17H15F2N7O6S4/c18-15(19)32-24-8(6-4-34-16(20)21-6)11(28)23-9-12(29)26-10(14(30)31)5(2-33-13(9)26)3-35-17-22-7(1-27)25-36-17/h4,9,13,15,27H,1-3H2,(H2,20,21)(H,23,28)(H,30,31)/t9?,13-/m1/s1. The number of hydrogen-bond acceptors (Lipinski definition) is 14. The van der Waals surface area contributed by atoms with Crippen molar-refractivity contribution in [2.45, 2.75) is 29.0 Å². The molecule has 13 nitrogen and oxygen atoms in total. The smallest absolute Gasteiger partial charge is 0.407 e. The van der Waals surface area contributed by atoms with Crippen molar-refractivity contribution in [1.29, 1.82) is 0 Å². The topological polar surface area (TPSA) is 193 Å². The van der Waals surface area contributed by atoms with E-state index < -0.39 is 41.5 Å². The number of nitrogens with one attached hydrogen (secondary N) is 1. The van der Waals surface area contributed by atoms with Crippen molar-refractivity contribution < 1.29 is 38.2 Å². The Bertz CT molecular complexity index is 1250. The minimum Gasteiger partial charge on any atom is -0.477 e. The van der Waals surface area contributed by atoms with Gasteiger partial charge in [-0.25, -0.2) is 14.8 Å². The van der Waals surface area contributed by atoms with Crippen molar-refractivity contribution >= 4 is 75.0 Å². The van der Waals surface area contributed by atoms with Gasteiger partial charge in [0.1, 0.15) is 29.4 Å². The van der Waals surface area contributed by atoms with Crippen molar-refractivity contribution in [3.63, 3.8) is 0 Å². The number of halogens is 2. The number of fused-ring (bicyclic) bond motifs is 1. The largest absolute Gasteiger partial charge is 0.477 e. The maximum Gasteiger partial charge on any atom is 0.407 e. The van der Waals surface area contributed by atoms with Gasteiger partial charge in [-0.2, -0.15) is 13.2 Å². The number of rotatable bonds is 10. The molecule has 4 heterocycles. The van der Waals surface area contributed by atoms with E-state index in [0.29, 0.717) is 9.91 Å². The lowest BCUT2D eigenvalue weighted by atomic mass is 10.0. The number of β-lactam (4-membered cyclic amide) rings is 1. The number of oxime groups is 1. The fourth-order valence-corrected chi connectivity index (χ4v) is 6.86. The molecule has 0 bridgehead atoms. The second-order valence-electron chi connectivity index (χ2n) is 6.92. The number of carboxylic acid groups (broad SMARTS) is 1. The number of nitrogen functional groups attached to an aromatic ring is 1. The van der Waals surface area contributed by atoms with Crippen molar-refractivity contribution in [2.75, 3.05) is 17.2 Å². The van der Waals surface area contributed by atoms with Crippen LogP contribution in [0.25, 0.3) is 0 Å². The average molecular weight is 580 g/mol. The van der Waals surface area contributed by atoms with E-state index in [-0.39, 0.29) is 40.5 Å². The first-order chi connectivity index (χ1) is 17.2. The fraction of sp³-hybridized carbons (Fsp3) is 0.353. The molecule has 2 aromatic heterocycles. The summed E-state index contributed by atoms with van der Waals surface area (Å²) in [7, 11) is 0. The SMILES string of the molecule is Nc1nc(C(=NOC(F)F)C(=O)NC2C(=O)N3C(C(=O)O)=C(CSc4nc(CO)ns4)CS[C@H]23)cs1. The van der Waals surface area contributed by atoms with Crippen LogP contribution in [0.2, 0.25) is 0 Å². The number of anilines is 1. The second-order valence-corrected chi connectivity index (χ2v) is 10.9. The molecule has 2 amide bonds. The van der Waals surface area contributed by atoms with Crippen molar-refractivity contribution in [3.8, 4) is 0 Å². The van der Waals surface area contributed by atoms with Crippen LogP contribution in [0, 0.1) is 0 Å².